The van der Waals surface area contributed by atoms with E-state index in [0.29, 0.717) is 0 Å². The van der Waals surface area contributed by atoms with Gasteiger partial charge in [-0.05, 0) is 58.6 Å². The van der Waals surface area contributed by atoms with Crippen LogP contribution in [0.1, 0.15) is 0 Å². The molecule has 2 heteroatoms. The molecule has 0 spiro atoms. The molecule has 9 aromatic rings. The van der Waals surface area contributed by atoms with Crippen LogP contribution in [0.4, 0.5) is 0 Å². The Labute approximate surface area is 230 Å². The van der Waals surface area contributed by atoms with Crippen LogP contribution in [0.15, 0.2) is 146 Å². The molecule has 2 heterocycles. The topological polar surface area (TPSA) is 9.86 Å². The second-order valence-electron chi connectivity index (χ2n) is 10.6. The monoisotopic (exact) mass is 508 g/mol. The third-order valence-corrected chi connectivity index (χ3v) is 8.46. The van der Waals surface area contributed by atoms with E-state index in [2.05, 4.69) is 155 Å². The predicted molar refractivity (Wildman–Crippen MR) is 170 cm³/mol. The van der Waals surface area contributed by atoms with Crippen molar-refractivity contribution in [1.82, 2.24) is 9.13 Å². The SMILES string of the molecule is c1ccc2cc(-n3c4ccccc4c4cc5c(cc43)c3ccccc3n5-c3cccc4ccccc34)ccc2c1. The van der Waals surface area contributed by atoms with Crippen LogP contribution in [-0.4, -0.2) is 9.13 Å². The van der Waals surface area contributed by atoms with Gasteiger partial charge in [-0.3, -0.25) is 0 Å². The standard InChI is InChI=1S/C38H24N2/c1-2-12-27-22-28(21-20-25(27)10-1)39-35-17-7-5-15-30(35)32-24-38-33(23-37(32)39)31-16-6-8-18-36(31)40(38)34-19-9-13-26-11-3-4-14-29(26)34/h1-24H. The summed E-state index contributed by atoms with van der Waals surface area (Å²) in [4.78, 5) is 0. The van der Waals surface area contributed by atoms with Gasteiger partial charge in [0.05, 0.1) is 27.8 Å². The molecule has 0 atom stereocenters. The zero-order valence-corrected chi connectivity index (χ0v) is 21.8. The van der Waals surface area contributed by atoms with Crippen molar-refractivity contribution in [2.75, 3.05) is 0 Å². The van der Waals surface area contributed by atoms with E-state index in [-0.39, 0.29) is 0 Å². The van der Waals surface area contributed by atoms with Crippen LogP contribution in [0.3, 0.4) is 0 Å². The van der Waals surface area contributed by atoms with Gasteiger partial charge in [-0.1, -0.05) is 103 Å². The van der Waals surface area contributed by atoms with Gasteiger partial charge in [-0.25, -0.2) is 0 Å². The molecule has 0 saturated carbocycles. The molecule has 0 aliphatic heterocycles. The Hall–Kier alpha value is -5.34. The van der Waals surface area contributed by atoms with E-state index >= 15 is 0 Å². The zero-order valence-electron chi connectivity index (χ0n) is 21.8. The second kappa shape index (κ2) is 8.08. The summed E-state index contributed by atoms with van der Waals surface area (Å²) in [5, 5.41) is 10.1. The van der Waals surface area contributed by atoms with Gasteiger partial charge in [-0.15, -0.1) is 0 Å². The third kappa shape index (κ3) is 2.93. The van der Waals surface area contributed by atoms with Crippen molar-refractivity contribution in [1.29, 1.82) is 0 Å². The number of hydrogen-bond acceptors (Lipinski definition) is 0. The second-order valence-corrected chi connectivity index (χ2v) is 10.6. The van der Waals surface area contributed by atoms with E-state index < -0.39 is 0 Å². The number of rotatable bonds is 2. The first-order valence-corrected chi connectivity index (χ1v) is 13.8. The lowest BCUT2D eigenvalue weighted by molar-refractivity contribution is 1.18. The number of benzene rings is 7. The maximum Gasteiger partial charge on any atom is 0.0549 e. The number of nitrogens with zero attached hydrogens (tertiary/aromatic N) is 2. The van der Waals surface area contributed by atoms with Crippen LogP contribution in [0.5, 0.6) is 0 Å². The zero-order chi connectivity index (χ0) is 26.2. The molecule has 7 aromatic carbocycles. The lowest BCUT2D eigenvalue weighted by Crippen LogP contribution is -1.95. The van der Waals surface area contributed by atoms with Gasteiger partial charge in [0.1, 0.15) is 0 Å². The van der Waals surface area contributed by atoms with Gasteiger partial charge in [0.25, 0.3) is 0 Å². The van der Waals surface area contributed by atoms with Crippen LogP contribution in [0.2, 0.25) is 0 Å². The molecule has 9 rings (SSSR count). The summed E-state index contributed by atoms with van der Waals surface area (Å²) in [6.45, 7) is 0. The van der Waals surface area contributed by atoms with Crippen molar-refractivity contribution in [2.24, 2.45) is 0 Å². The minimum absolute atomic E-state index is 1.18. The fourth-order valence-electron chi connectivity index (χ4n) is 6.69. The Bertz CT molecular complexity index is 2430. The van der Waals surface area contributed by atoms with Crippen LogP contribution < -0.4 is 0 Å². The molecule has 186 valence electrons. The van der Waals surface area contributed by atoms with Crippen LogP contribution in [-0.2, 0) is 0 Å². The van der Waals surface area contributed by atoms with Gasteiger partial charge in [0.15, 0.2) is 0 Å². The average Bonchev–Trinajstić information content (AvgIpc) is 3.51. The highest BCUT2D eigenvalue weighted by Gasteiger charge is 2.19. The quantitative estimate of drug-likeness (QED) is 0.220. The maximum absolute atomic E-state index is 2.45. The van der Waals surface area contributed by atoms with Gasteiger partial charge in [-0.2, -0.15) is 0 Å². The molecule has 0 unspecified atom stereocenters. The highest BCUT2D eigenvalue weighted by Crippen LogP contribution is 2.40. The number of hydrogen-bond donors (Lipinski definition) is 0. The van der Waals surface area contributed by atoms with Crippen molar-refractivity contribution in [2.45, 2.75) is 0 Å². The normalized spacial score (nSPS) is 12.0. The van der Waals surface area contributed by atoms with Crippen molar-refractivity contribution in [3.05, 3.63) is 146 Å². The van der Waals surface area contributed by atoms with Crippen LogP contribution in [0, 0.1) is 0 Å². The third-order valence-electron chi connectivity index (χ3n) is 8.46. The summed E-state index contributed by atoms with van der Waals surface area (Å²) in [6, 6.07) is 53.1. The highest BCUT2D eigenvalue weighted by molar-refractivity contribution is 6.19. The predicted octanol–water partition coefficient (Wildman–Crippen LogP) is 10.2. The Morgan fingerprint density at radius 1 is 0.300 bits per heavy atom. The van der Waals surface area contributed by atoms with E-state index in [1.165, 1.54) is 76.5 Å². The smallest absolute Gasteiger partial charge is 0.0549 e. The molecule has 0 bridgehead atoms. The molecule has 40 heavy (non-hydrogen) atoms. The van der Waals surface area contributed by atoms with Crippen molar-refractivity contribution in [3.8, 4) is 11.4 Å². The van der Waals surface area contributed by atoms with E-state index in [1.807, 2.05) is 0 Å². The fourth-order valence-corrected chi connectivity index (χ4v) is 6.69. The van der Waals surface area contributed by atoms with Crippen molar-refractivity contribution in [3.63, 3.8) is 0 Å². The largest absolute Gasteiger partial charge is 0.309 e. The van der Waals surface area contributed by atoms with Gasteiger partial charge in [0, 0.05) is 32.6 Å². The average molecular weight is 509 g/mol. The summed E-state index contributed by atoms with van der Waals surface area (Å²) in [5.74, 6) is 0. The maximum atomic E-state index is 2.45. The minimum Gasteiger partial charge on any atom is -0.309 e. The molecule has 0 aliphatic carbocycles. The van der Waals surface area contributed by atoms with Crippen molar-refractivity contribution >= 4 is 65.2 Å². The number of aromatic nitrogens is 2. The van der Waals surface area contributed by atoms with E-state index in [0.717, 1.165) is 0 Å². The Balaban J connectivity index is 1.45. The molecule has 0 saturated heterocycles. The highest BCUT2D eigenvalue weighted by atomic mass is 15.0. The number of fused-ring (bicyclic) bond motifs is 8. The van der Waals surface area contributed by atoms with Gasteiger partial charge < -0.3 is 9.13 Å². The van der Waals surface area contributed by atoms with E-state index in [4.69, 9.17) is 0 Å². The molecule has 0 N–H and O–H groups in total. The minimum atomic E-state index is 1.18. The molecular formula is C38H24N2. The van der Waals surface area contributed by atoms with Crippen molar-refractivity contribution < 1.29 is 0 Å². The summed E-state index contributed by atoms with van der Waals surface area (Å²) in [6.07, 6.45) is 0. The Morgan fingerprint density at radius 2 is 0.850 bits per heavy atom. The Kier molecular flexibility index (Phi) is 4.36. The van der Waals surface area contributed by atoms with E-state index in [1.54, 1.807) is 0 Å². The first kappa shape index (κ1) is 21.6. The summed E-state index contributed by atoms with van der Waals surface area (Å²) in [7, 11) is 0. The lowest BCUT2D eigenvalue weighted by Gasteiger charge is -2.12. The molecular weight excluding hydrogens is 484 g/mol. The summed E-state index contributed by atoms with van der Waals surface area (Å²) < 4.78 is 4.88. The van der Waals surface area contributed by atoms with Crippen LogP contribution in [0.25, 0.3) is 76.5 Å². The summed E-state index contributed by atoms with van der Waals surface area (Å²) in [5.41, 5.74) is 7.30. The molecule has 0 aliphatic rings. The lowest BCUT2D eigenvalue weighted by atomic mass is 10.1. The van der Waals surface area contributed by atoms with E-state index in [9.17, 15) is 0 Å². The molecule has 0 fully saturated rings. The first-order valence-electron chi connectivity index (χ1n) is 13.8. The first-order chi connectivity index (χ1) is 19.8. The number of para-hydroxylation sites is 2. The fraction of sp³-hybridized carbons (Fsp3) is 0. The summed E-state index contributed by atoms with van der Waals surface area (Å²) >= 11 is 0. The molecule has 0 amide bonds. The Morgan fingerprint density at radius 3 is 1.60 bits per heavy atom. The van der Waals surface area contributed by atoms with Crippen LogP contribution >= 0.6 is 0 Å². The molecule has 2 aromatic heterocycles. The van der Waals surface area contributed by atoms with Gasteiger partial charge in [0.2, 0.25) is 0 Å². The molecule has 2 nitrogen and oxygen atoms in total. The molecule has 0 radical (unpaired) electrons. The van der Waals surface area contributed by atoms with Gasteiger partial charge >= 0.3 is 0 Å².